The topological polar surface area (TPSA) is 32.3 Å². The van der Waals surface area contributed by atoms with Crippen LogP contribution in [0.25, 0.3) is 0 Å². The highest BCUT2D eigenvalue weighted by atomic mass is 35.5. The number of aryl methyl sites for hydroxylation is 1. The van der Waals surface area contributed by atoms with E-state index in [1.807, 2.05) is 30.0 Å². The van der Waals surface area contributed by atoms with Crippen LogP contribution in [0.2, 0.25) is 5.02 Å². The van der Waals surface area contributed by atoms with Crippen LogP contribution >= 0.6 is 11.6 Å². The van der Waals surface area contributed by atoms with Crippen LogP contribution in [-0.2, 0) is 0 Å². The molecule has 1 saturated heterocycles. The summed E-state index contributed by atoms with van der Waals surface area (Å²) < 4.78 is 0. The van der Waals surface area contributed by atoms with Crippen LogP contribution in [0.1, 0.15) is 24.8 Å². The van der Waals surface area contributed by atoms with E-state index in [4.69, 9.17) is 11.6 Å². The summed E-state index contributed by atoms with van der Waals surface area (Å²) in [7, 11) is 0. The van der Waals surface area contributed by atoms with Gasteiger partial charge in [0, 0.05) is 23.8 Å². The summed E-state index contributed by atoms with van der Waals surface area (Å²) in [6, 6.07) is 5.52. The van der Waals surface area contributed by atoms with Gasteiger partial charge in [-0.15, -0.1) is 0 Å². The number of anilines is 1. The third-order valence-corrected chi connectivity index (χ3v) is 3.48. The van der Waals surface area contributed by atoms with Gasteiger partial charge < -0.3 is 10.2 Å². The molecule has 3 nitrogen and oxygen atoms in total. The average Bonchev–Trinajstić information content (AvgIpc) is 2.35. The zero-order valence-electron chi connectivity index (χ0n) is 10.0. The third kappa shape index (κ3) is 3.13. The van der Waals surface area contributed by atoms with Crippen molar-refractivity contribution in [3.63, 3.8) is 0 Å². The van der Waals surface area contributed by atoms with E-state index in [9.17, 15) is 4.79 Å². The van der Waals surface area contributed by atoms with E-state index in [0.717, 1.165) is 42.2 Å². The van der Waals surface area contributed by atoms with E-state index in [1.54, 1.807) is 0 Å². The lowest BCUT2D eigenvalue weighted by Crippen LogP contribution is -2.38. The van der Waals surface area contributed by atoms with Gasteiger partial charge in [0.25, 0.3) is 0 Å². The monoisotopic (exact) mass is 252 g/mol. The Kier molecular flexibility index (Phi) is 3.89. The summed E-state index contributed by atoms with van der Waals surface area (Å²) in [6.07, 6.45) is 3.43. The Morgan fingerprint density at radius 1 is 1.29 bits per heavy atom. The lowest BCUT2D eigenvalue weighted by molar-refractivity contribution is 0.200. The summed E-state index contributed by atoms with van der Waals surface area (Å²) in [6.45, 7) is 3.65. The molecule has 0 atom stereocenters. The highest BCUT2D eigenvalue weighted by Crippen LogP contribution is 2.20. The number of rotatable bonds is 1. The van der Waals surface area contributed by atoms with E-state index in [1.165, 1.54) is 6.42 Å². The molecular weight excluding hydrogens is 236 g/mol. The van der Waals surface area contributed by atoms with Gasteiger partial charge in [0.2, 0.25) is 0 Å². The van der Waals surface area contributed by atoms with Crippen molar-refractivity contribution in [2.75, 3.05) is 18.4 Å². The van der Waals surface area contributed by atoms with Crippen molar-refractivity contribution in [3.8, 4) is 0 Å². The summed E-state index contributed by atoms with van der Waals surface area (Å²) in [5, 5.41) is 3.63. The zero-order chi connectivity index (χ0) is 12.3. The Morgan fingerprint density at radius 3 is 2.65 bits per heavy atom. The van der Waals surface area contributed by atoms with Crippen molar-refractivity contribution in [2.45, 2.75) is 26.2 Å². The van der Waals surface area contributed by atoms with Crippen molar-refractivity contribution >= 4 is 23.3 Å². The minimum absolute atomic E-state index is 0.00794. The molecule has 1 aliphatic heterocycles. The van der Waals surface area contributed by atoms with Crippen LogP contribution in [0.4, 0.5) is 10.5 Å². The lowest BCUT2D eigenvalue weighted by Gasteiger charge is -2.26. The second kappa shape index (κ2) is 5.41. The van der Waals surface area contributed by atoms with Crippen LogP contribution in [0, 0.1) is 6.92 Å². The predicted octanol–water partition coefficient (Wildman–Crippen LogP) is 3.67. The van der Waals surface area contributed by atoms with Gasteiger partial charge >= 0.3 is 6.03 Å². The summed E-state index contributed by atoms with van der Waals surface area (Å²) in [4.78, 5) is 13.8. The van der Waals surface area contributed by atoms with Crippen LogP contribution < -0.4 is 5.32 Å². The Hall–Kier alpha value is -1.22. The third-order valence-electron chi connectivity index (χ3n) is 3.05. The molecule has 0 aliphatic carbocycles. The molecular formula is C13H17ClN2O. The minimum Gasteiger partial charge on any atom is -0.325 e. The molecule has 1 heterocycles. The first kappa shape index (κ1) is 12.2. The van der Waals surface area contributed by atoms with Gasteiger partial charge in [-0.25, -0.2) is 4.79 Å². The predicted molar refractivity (Wildman–Crippen MR) is 70.6 cm³/mol. The zero-order valence-corrected chi connectivity index (χ0v) is 10.8. The number of piperidine rings is 1. The van der Waals surface area contributed by atoms with Gasteiger partial charge in [-0.05, 0) is 49.9 Å². The number of benzene rings is 1. The van der Waals surface area contributed by atoms with Gasteiger partial charge in [0.15, 0.2) is 0 Å². The second-order valence-corrected chi connectivity index (χ2v) is 4.85. The van der Waals surface area contributed by atoms with Crippen LogP contribution in [0.15, 0.2) is 18.2 Å². The number of carbonyl (C=O) groups is 1. The van der Waals surface area contributed by atoms with Crippen molar-refractivity contribution in [3.05, 3.63) is 28.8 Å². The number of hydrogen-bond acceptors (Lipinski definition) is 1. The van der Waals surface area contributed by atoms with Gasteiger partial charge in [-0.3, -0.25) is 0 Å². The highest BCUT2D eigenvalue weighted by molar-refractivity contribution is 6.31. The first-order valence-electron chi connectivity index (χ1n) is 5.99. The fraction of sp³-hybridized carbons (Fsp3) is 0.462. The first-order chi connectivity index (χ1) is 8.16. The summed E-state index contributed by atoms with van der Waals surface area (Å²) in [5.74, 6) is 0. The number of urea groups is 1. The molecule has 0 saturated carbocycles. The van der Waals surface area contributed by atoms with E-state index >= 15 is 0 Å². The number of likely N-dealkylation sites (tertiary alicyclic amines) is 1. The number of carbonyl (C=O) groups excluding carboxylic acids is 1. The number of nitrogens with one attached hydrogen (secondary N) is 1. The van der Waals surface area contributed by atoms with Gasteiger partial charge in [-0.2, -0.15) is 0 Å². The minimum atomic E-state index is -0.00794. The fourth-order valence-electron chi connectivity index (χ4n) is 2.02. The molecule has 1 aromatic carbocycles. The number of amides is 2. The van der Waals surface area contributed by atoms with E-state index < -0.39 is 0 Å². The largest absolute Gasteiger partial charge is 0.325 e. The molecule has 4 heteroatoms. The summed E-state index contributed by atoms with van der Waals surface area (Å²) in [5.41, 5.74) is 1.78. The maximum absolute atomic E-state index is 11.9. The van der Waals surface area contributed by atoms with E-state index in [-0.39, 0.29) is 6.03 Å². The van der Waals surface area contributed by atoms with Crippen molar-refractivity contribution in [1.82, 2.24) is 4.90 Å². The Morgan fingerprint density at radius 2 is 2.00 bits per heavy atom. The van der Waals surface area contributed by atoms with E-state index in [2.05, 4.69) is 5.32 Å². The fourth-order valence-corrected chi connectivity index (χ4v) is 2.14. The molecule has 1 aliphatic rings. The average molecular weight is 253 g/mol. The SMILES string of the molecule is Cc1cc(NC(=O)N2CCCCC2)ccc1Cl. The first-order valence-corrected chi connectivity index (χ1v) is 6.37. The molecule has 0 bridgehead atoms. The molecule has 92 valence electrons. The quantitative estimate of drug-likeness (QED) is 0.813. The normalized spacial score (nSPS) is 15.8. The van der Waals surface area contributed by atoms with Gasteiger partial charge in [0.05, 0.1) is 0 Å². The van der Waals surface area contributed by atoms with Crippen molar-refractivity contribution < 1.29 is 4.79 Å². The second-order valence-electron chi connectivity index (χ2n) is 4.44. The maximum atomic E-state index is 11.9. The molecule has 2 amide bonds. The molecule has 1 N–H and O–H groups in total. The molecule has 1 fully saturated rings. The number of nitrogens with zero attached hydrogens (tertiary/aromatic N) is 1. The lowest BCUT2D eigenvalue weighted by atomic mass is 10.1. The van der Waals surface area contributed by atoms with Gasteiger partial charge in [-0.1, -0.05) is 11.6 Å². The molecule has 1 aromatic rings. The number of halogens is 1. The number of hydrogen-bond donors (Lipinski definition) is 1. The summed E-state index contributed by atoms with van der Waals surface area (Å²) >= 11 is 5.94. The molecule has 0 unspecified atom stereocenters. The molecule has 0 aromatic heterocycles. The van der Waals surface area contributed by atoms with E-state index in [0.29, 0.717) is 0 Å². The highest BCUT2D eigenvalue weighted by Gasteiger charge is 2.16. The van der Waals surface area contributed by atoms with Crippen molar-refractivity contribution in [2.24, 2.45) is 0 Å². The van der Waals surface area contributed by atoms with Crippen molar-refractivity contribution in [1.29, 1.82) is 0 Å². The Balaban J connectivity index is 1.99. The molecule has 2 rings (SSSR count). The van der Waals surface area contributed by atoms with Crippen LogP contribution in [0.5, 0.6) is 0 Å². The standard InChI is InChI=1S/C13H17ClN2O/c1-10-9-11(5-6-12(10)14)15-13(17)16-7-3-2-4-8-16/h5-6,9H,2-4,7-8H2,1H3,(H,15,17). The van der Waals surface area contributed by atoms with Crippen LogP contribution in [-0.4, -0.2) is 24.0 Å². The maximum Gasteiger partial charge on any atom is 0.321 e. The molecule has 0 radical (unpaired) electrons. The van der Waals surface area contributed by atoms with Crippen LogP contribution in [0.3, 0.4) is 0 Å². The smallest absolute Gasteiger partial charge is 0.321 e. The molecule has 0 spiro atoms. The van der Waals surface area contributed by atoms with Gasteiger partial charge in [0.1, 0.15) is 0 Å². The molecule has 17 heavy (non-hydrogen) atoms. The Labute approximate surface area is 107 Å². The Bertz CT molecular complexity index is 414.